The largest absolute Gasteiger partial charge is 0.390 e. The van der Waals surface area contributed by atoms with E-state index < -0.39 is 15.6 Å². The van der Waals surface area contributed by atoms with Gasteiger partial charge in [0, 0.05) is 6.42 Å². The van der Waals surface area contributed by atoms with Gasteiger partial charge in [-0.3, -0.25) is 0 Å². The molecular formula is C13H19NO3S. The molecule has 1 fully saturated rings. The number of hydrogen-bond acceptors (Lipinski definition) is 3. The zero-order chi connectivity index (χ0) is 13.2. The predicted molar refractivity (Wildman–Crippen MR) is 69.6 cm³/mol. The number of rotatable bonds is 3. The molecule has 4 nitrogen and oxygen atoms in total. The van der Waals surface area contributed by atoms with Crippen molar-refractivity contribution in [2.75, 3.05) is 0 Å². The van der Waals surface area contributed by atoms with E-state index in [1.165, 1.54) is 6.07 Å². The van der Waals surface area contributed by atoms with Crippen molar-refractivity contribution >= 4 is 10.0 Å². The molecule has 0 aromatic heterocycles. The second-order valence-electron chi connectivity index (χ2n) is 5.11. The maximum absolute atomic E-state index is 11.5. The van der Waals surface area contributed by atoms with Crippen LogP contribution < -0.4 is 5.14 Å². The highest BCUT2D eigenvalue weighted by molar-refractivity contribution is 7.89. The molecule has 0 aliphatic heterocycles. The molecule has 0 saturated heterocycles. The predicted octanol–water partition coefficient (Wildman–Crippen LogP) is 1.57. The lowest BCUT2D eigenvalue weighted by molar-refractivity contribution is 0.00398. The summed E-state index contributed by atoms with van der Waals surface area (Å²) in [6.45, 7) is 0. The Morgan fingerprint density at radius 1 is 1.17 bits per heavy atom. The highest BCUT2D eigenvalue weighted by Crippen LogP contribution is 2.32. The Kier molecular flexibility index (Phi) is 3.75. The fourth-order valence-corrected chi connectivity index (χ4v) is 3.44. The van der Waals surface area contributed by atoms with Crippen LogP contribution in [0, 0.1) is 0 Å². The molecule has 1 aromatic carbocycles. The SMILES string of the molecule is NS(=O)(=O)c1ccccc1CC1(O)CCCCC1. The minimum atomic E-state index is -3.72. The van der Waals surface area contributed by atoms with E-state index in [9.17, 15) is 13.5 Å². The van der Waals surface area contributed by atoms with Crippen LogP contribution >= 0.6 is 0 Å². The molecule has 1 aliphatic rings. The van der Waals surface area contributed by atoms with Gasteiger partial charge in [-0.15, -0.1) is 0 Å². The highest BCUT2D eigenvalue weighted by Gasteiger charge is 2.31. The van der Waals surface area contributed by atoms with Gasteiger partial charge < -0.3 is 5.11 Å². The van der Waals surface area contributed by atoms with E-state index >= 15 is 0 Å². The first-order valence-corrected chi connectivity index (χ1v) is 7.78. The molecule has 18 heavy (non-hydrogen) atoms. The summed E-state index contributed by atoms with van der Waals surface area (Å²) in [5, 5.41) is 15.7. The average molecular weight is 269 g/mol. The van der Waals surface area contributed by atoms with Gasteiger partial charge in [0.25, 0.3) is 0 Å². The molecule has 0 heterocycles. The third-order valence-corrected chi connectivity index (χ3v) is 4.59. The standard InChI is InChI=1S/C13H19NO3S/c14-18(16,17)12-7-3-2-6-11(12)10-13(15)8-4-1-5-9-13/h2-3,6-7,15H,1,4-5,8-10H2,(H2,14,16,17). The summed E-state index contributed by atoms with van der Waals surface area (Å²) in [7, 11) is -3.72. The zero-order valence-corrected chi connectivity index (χ0v) is 11.1. The molecule has 1 saturated carbocycles. The molecule has 0 atom stereocenters. The molecular weight excluding hydrogens is 250 g/mol. The number of primary sulfonamides is 1. The average Bonchev–Trinajstić information content (AvgIpc) is 2.28. The molecule has 1 aliphatic carbocycles. The Balaban J connectivity index is 2.29. The monoisotopic (exact) mass is 269 g/mol. The molecule has 2 rings (SSSR count). The Hall–Kier alpha value is -0.910. The Labute approximate surface area is 108 Å². The number of sulfonamides is 1. The Morgan fingerprint density at radius 2 is 1.78 bits per heavy atom. The summed E-state index contributed by atoms with van der Waals surface area (Å²) in [5.41, 5.74) is -0.164. The molecule has 3 N–H and O–H groups in total. The smallest absolute Gasteiger partial charge is 0.238 e. The summed E-state index contributed by atoms with van der Waals surface area (Å²) in [6, 6.07) is 6.65. The number of hydrogen-bond donors (Lipinski definition) is 2. The van der Waals surface area contributed by atoms with Gasteiger partial charge in [-0.25, -0.2) is 13.6 Å². The summed E-state index contributed by atoms with van der Waals surface area (Å²) in [4.78, 5) is 0.129. The number of benzene rings is 1. The minimum Gasteiger partial charge on any atom is -0.390 e. The lowest BCUT2D eigenvalue weighted by atomic mass is 9.80. The van der Waals surface area contributed by atoms with Gasteiger partial charge in [-0.05, 0) is 24.5 Å². The van der Waals surface area contributed by atoms with E-state index in [2.05, 4.69) is 0 Å². The van der Waals surface area contributed by atoms with Crippen molar-refractivity contribution in [2.45, 2.75) is 49.0 Å². The van der Waals surface area contributed by atoms with Crippen molar-refractivity contribution in [1.29, 1.82) is 0 Å². The molecule has 1 aromatic rings. The van der Waals surface area contributed by atoms with Crippen LogP contribution in [0.2, 0.25) is 0 Å². The van der Waals surface area contributed by atoms with E-state index in [1.54, 1.807) is 18.2 Å². The van der Waals surface area contributed by atoms with Crippen LogP contribution in [0.3, 0.4) is 0 Å². The van der Waals surface area contributed by atoms with E-state index in [0.717, 1.165) is 32.1 Å². The van der Waals surface area contributed by atoms with Gasteiger partial charge in [0.05, 0.1) is 10.5 Å². The maximum atomic E-state index is 11.5. The van der Waals surface area contributed by atoms with E-state index in [0.29, 0.717) is 12.0 Å². The second kappa shape index (κ2) is 4.99. The normalized spacial score (nSPS) is 19.7. The van der Waals surface area contributed by atoms with Crippen LogP contribution in [0.15, 0.2) is 29.2 Å². The lowest BCUT2D eigenvalue weighted by Crippen LogP contribution is -2.34. The number of nitrogens with two attached hydrogens (primary N) is 1. The van der Waals surface area contributed by atoms with Gasteiger partial charge in [0.15, 0.2) is 0 Å². The van der Waals surface area contributed by atoms with Crippen molar-refractivity contribution in [3.8, 4) is 0 Å². The molecule has 100 valence electrons. The molecule has 0 spiro atoms. The molecule has 0 bridgehead atoms. The van der Waals surface area contributed by atoms with Gasteiger partial charge >= 0.3 is 0 Å². The quantitative estimate of drug-likeness (QED) is 0.874. The Bertz CT molecular complexity index is 519. The van der Waals surface area contributed by atoms with Crippen molar-refractivity contribution in [2.24, 2.45) is 5.14 Å². The summed E-state index contributed by atoms with van der Waals surface area (Å²) in [5.74, 6) is 0. The zero-order valence-electron chi connectivity index (χ0n) is 10.3. The lowest BCUT2D eigenvalue weighted by Gasteiger charge is -2.32. The van der Waals surface area contributed by atoms with Gasteiger partial charge in [-0.2, -0.15) is 0 Å². The van der Waals surface area contributed by atoms with Crippen LogP contribution in [-0.2, 0) is 16.4 Å². The summed E-state index contributed by atoms with van der Waals surface area (Å²) >= 11 is 0. The van der Waals surface area contributed by atoms with Crippen LogP contribution in [0.4, 0.5) is 0 Å². The summed E-state index contributed by atoms with van der Waals surface area (Å²) in [6.07, 6.45) is 4.94. The van der Waals surface area contributed by atoms with Crippen LogP contribution in [0.1, 0.15) is 37.7 Å². The second-order valence-corrected chi connectivity index (χ2v) is 6.64. The first kappa shape index (κ1) is 13.5. The van der Waals surface area contributed by atoms with Gasteiger partial charge in [-0.1, -0.05) is 37.5 Å². The van der Waals surface area contributed by atoms with Crippen LogP contribution in [0.5, 0.6) is 0 Å². The molecule has 0 amide bonds. The topological polar surface area (TPSA) is 80.4 Å². The van der Waals surface area contributed by atoms with Crippen molar-refractivity contribution in [3.05, 3.63) is 29.8 Å². The fourth-order valence-electron chi connectivity index (χ4n) is 2.67. The van der Waals surface area contributed by atoms with E-state index in [4.69, 9.17) is 5.14 Å². The van der Waals surface area contributed by atoms with Crippen LogP contribution in [0.25, 0.3) is 0 Å². The summed E-state index contributed by atoms with van der Waals surface area (Å²) < 4.78 is 23.0. The third kappa shape index (κ3) is 3.10. The maximum Gasteiger partial charge on any atom is 0.238 e. The molecule has 5 heteroatoms. The van der Waals surface area contributed by atoms with E-state index in [-0.39, 0.29) is 4.90 Å². The molecule has 0 radical (unpaired) electrons. The Morgan fingerprint density at radius 3 is 2.39 bits per heavy atom. The first-order valence-electron chi connectivity index (χ1n) is 6.24. The minimum absolute atomic E-state index is 0.129. The van der Waals surface area contributed by atoms with Crippen LogP contribution in [-0.4, -0.2) is 19.1 Å². The van der Waals surface area contributed by atoms with Crippen molar-refractivity contribution in [3.63, 3.8) is 0 Å². The fraction of sp³-hybridized carbons (Fsp3) is 0.538. The third-order valence-electron chi connectivity index (χ3n) is 3.58. The van der Waals surface area contributed by atoms with Gasteiger partial charge in [0.2, 0.25) is 10.0 Å². The molecule has 0 unspecified atom stereocenters. The first-order chi connectivity index (χ1) is 8.41. The highest BCUT2D eigenvalue weighted by atomic mass is 32.2. The van der Waals surface area contributed by atoms with Crippen molar-refractivity contribution < 1.29 is 13.5 Å². The number of aliphatic hydroxyl groups is 1. The van der Waals surface area contributed by atoms with Crippen molar-refractivity contribution in [1.82, 2.24) is 0 Å². The van der Waals surface area contributed by atoms with E-state index in [1.807, 2.05) is 0 Å². The van der Waals surface area contributed by atoms with Gasteiger partial charge in [0.1, 0.15) is 0 Å².